The summed E-state index contributed by atoms with van der Waals surface area (Å²) in [6.07, 6.45) is 0.911. The minimum Gasteiger partial charge on any atom is -0.493 e. The molecule has 25 heavy (non-hydrogen) atoms. The van der Waals surface area contributed by atoms with Gasteiger partial charge in [0.05, 0.1) is 6.61 Å². The van der Waals surface area contributed by atoms with Gasteiger partial charge in [-0.25, -0.2) is 0 Å². The summed E-state index contributed by atoms with van der Waals surface area (Å²) in [5.41, 5.74) is 6.91. The number of aryl methyl sites for hydroxylation is 1. The Morgan fingerprint density at radius 1 is 0.960 bits per heavy atom. The largest absolute Gasteiger partial charge is 0.493 e. The molecule has 0 heterocycles. The zero-order chi connectivity index (χ0) is 18.2. The summed E-state index contributed by atoms with van der Waals surface area (Å²) in [5.74, 6) is 0.274. The number of benzene rings is 2. The SMILES string of the molecule is CCc1ccc(C(=O)NNC(=O)c2cccc(OCC(C)C)c2)cc1. The predicted molar refractivity (Wildman–Crippen MR) is 97.5 cm³/mol. The molecule has 0 saturated carbocycles. The first-order valence-electron chi connectivity index (χ1n) is 8.42. The van der Waals surface area contributed by atoms with Crippen LogP contribution in [0.25, 0.3) is 0 Å². The number of carbonyl (C=O) groups is 2. The first kappa shape index (κ1) is 18.5. The minimum absolute atomic E-state index is 0.358. The van der Waals surface area contributed by atoms with E-state index in [1.54, 1.807) is 36.4 Å². The Hall–Kier alpha value is -2.82. The van der Waals surface area contributed by atoms with Crippen molar-refractivity contribution in [2.75, 3.05) is 6.61 Å². The van der Waals surface area contributed by atoms with Gasteiger partial charge >= 0.3 is 0 Å². The third kappa shape index (κ3) is 5.64. The molecule has 2 rings (SSSR count). The molecule has 0 aliphatic carbocycles. The fourth-order valence-electron chi connectivity index (χ4n) is 2.14. The van der Waals surface area contributed by atoms with Gasteiger partial charge in [-0.3, -0.25) is 20.4 Å². The lowest BCUT2D eigenvalue weighted by atomic mass is 10.1. The molecule has 0 bridgehead atoms. The third-order valence-corrected chi connectivity index (χ3v) is 3.59. The molecule has 0 aliphatic rings. The first-order valence-corrected chi connectivity index (χ1v) is 8.42. The normalized spacial score (nSPS) is 10.4. The van der Waals surface area contributed by atoms with E-state index in [0.717, 1.165) is 12.0 Å². The number of hydrogen-bond acceptors (Lipinski definition) is 3. The smallest absolute Gasteiger partial charge is 0.269 e. The highest BCUT2D eigenvalue weighted by Gasteiger charge is 2.10. The van der Waals surface area contributed by atoms with E-state index in [-0.39, 0.29) is 5.91 Å². The molecule has 0 atom stereocenters. The van der Waals surface area contributed by atoms with Crippen molar-refractivity contribution in [3.63, 3.8) is 0 Å². The Morgan fingerprint density at radius 2 is 1.60 bits per heavy atom. The van der Waals surface area contributed by atoms with Gasteiger partial charge in [-0.2, -0.15) is 0 Å². The van der Waals surface area contributed by atoms with Crippen molar-refractivity contribution in [2.45, 2.75) is 27.2 Å². The highest BCUT2D eigenvalue weighted by Crippen LogP contribution is 2.14. The molecule has 0 fully saturated rings. The lowest BCUT2D eigenvalue weighted by Crippen LogP contribution is -2.41. The third-order valence-electron chi connectivity index (χ3n) is 3.59. The van der Waals surface area contributed by atoms with Gasteiger partial charge in [0.15, 0.2) is 0 Å². The van der Waals surface area contributed by atoms with Crippen LogP contribution in [0, 0.1) is 5.92 Å². The molecule has 5 nitrogen and oxygen atoms in total. The lowest BCUT2D eigenvalue weighted by Gasteiger charge is -2.11. The molecule has 2 N–H and O–H groups in total. The summed E-state index contributed by atoms with van der Waals surface area (Å²) >= 11 is 0. The Morgan fingerprint density at radius 3 is 2.20 bits per heavy atom. The zero-order valence-electron chi connectivity index (χ0n) is 14.8. The maximum atomic E-state index is 12.2. The molecule has 2 amide bonds. The van der Waals surface area contributed by atoms with Crippen molar-refractivity contribution in [1.82, 2.24) is 10.9 Å². The monoisotopic (exact) mass is 340 g/mol. The van der Waals surface area contributed by atoms with Crippen LogP contribution in [0.1, 0.15) is 47.1 Å². The van der Waals surface area contributed by atoms with Gasteiger partial charge in [-0.05, 0) is 48.2 Å². The van der Waals surface area contributed by atoms with Crippen molar-refractivity contribution in [3.8, 4) is 5.75 Å². The van der Waals surface area contributed by atoms with Gasteiger partial charge in [0, 0.05) is 11.1 Å². The lowest BCUT2D eigenvalue weighted by molar-refractivity contribution is 0.0846. The molecule has 5 heteroatoms. The number of hydrogen-bond donors (Lipinski definition) is 2. The number of amides is 2. The summed E-state index contributed by atoms with van der Waals surface area (Å²) < 4.78 is 5.61. The van der Waals surface area contributed by atoms with E-state index in [1.807, 2.05) is 19.1 Å². The van der Waals surface area contributed by atoms with Gasteiger partial charge in [-0.15, -0.1) is 0 Å². The van der Waals surface area contributed by atoms with E-state index in [4.69, 9.17) is 4.74 Å². The molecular weight excluding hydrogens is 316 g/mol. The average molecular weight is 340 g/mol. The highest BCUT2D eigenvalue weighted by molar-refractivity contribution is 5.99. The minimum atomic E-state index is -0.395. The van der Waals surface area contributed by atoms with E-state index < -0.39 is 5.91 Å². The van der Waals surface area contributed by atoms with Crippen LogP contribution in [0.5, 0.6) is 5.75 Å². The van der Waals surface area contributed by atoms with Crippen molar-refractivity contribution in [2.24, 2.45) is 5.92 Å². The van der Waals surface area contributed by atoms with Crippen LogP contribution in [0.3, 0.4) is 0 Å². The zero-order valence-corrected chi connectivity index (χ0v) is 14.8. The van der Waals surface area contributed by atoms with Crippen LogP contribution < -0.4 is 15.6 Å². The van der Waals surface area contributed by atoms with Crippen molar-refractivity contribution >= 4 is 11.8 Å². The fraction of sp³-hybridized carbons (Fsp3) is 0.300. The molecule has 0 saturated heterocycles. The molecular formula is C20H24N2O3. The number of carbonyl (C=O) groups excluding carboxylic acids is 2. The molecule has 0 radical (unpaired) electrons. The van der Waals surface area contributed by atoms with Gasteiger partial charge < -0.3 is 4.74 Å². The van der Waals surface area contributed by atoms with Gasteiger partial charge in [-0.1, -0.05) is 39.0 Å². The quantitative estimate of drug-likeness (QED) is 0.793. The fourth-order valence-corrected chi connectivity index (χ4v) is 2.14. The molecule has 0 aliphatic heterocycles. The highest BCUT2D eigenvalue weighted by atomic mass is 16.5. The van der Waals surface area contributed by atoms with Crippen LogP contribution in [-0.4, -0.2) is 18.4 Å². The number of nitrogens with one attached hydrogen (secondary N) is 2. The van der Waals surface area contributed by atoms with Crippen LogP contribution in [0.2, 0.25) is 0 Å². The average Bonchev–Trinajstić information content (AvgIpc) is 2.64. The van der Waals surface area contributed by atoms with Gasteiger partial charge in [0.2, 0.25) is 0 Å². The number of rotatable bonds is 6. The first-order chi connectivity index (χ1) is 12.0. The van der Waals surface area contributed by atoms with Crippen molar-refractivity contribution in [3.05, 3.63) is 65.2 Å². The maximum Gasteiger partial charge on any atom is 0.269 e. The van der Waals surface area contributed by atoms with Gasteiger partial charge in [0.1, 0.15) is 5.75 Å². The summed E-state index contributed by atoms with van der Waals surface area (Å²) in [4.78, 5) is 24.3. The molecule has 0 aromatic heterocycles. The summed E-state index contributed by atoms with van der Waals surface area (Å²) in [6.45, 7) is 6.74. The van der Waals surface area contributed by atoms with Crippen LogP contribution >= 0.6 is 0 Å². The standard InChI is InChI=1S/C20H24N2O3/c1-4-15-8-10-16(11-9-15)19(23)21-22-20(24)17-6-5-7-18(12-17)25-13-14(2)3/h5-12,14H,4,13H2,1-3H3,(H,21,23)(H,22,24). The second-order valence-electron chi connectivity index (χ2n) is 6.19. The topological polar surface area (TPSA) is 67.4 Å². The Balaban J connectivity index is 1.92. The molecule has 2 aromatic carbocycles. The summed E-state index contributed by atoms with van der Waals surface area (Å²) in [7, 11) is 0. The Labute approximate surface area is 148 Å². The Bertz CT molecular complexity index is 724. The van der Waals surface area contributed by atoms with E-state index in [2.05, 4.69) is 24.7 Å². The summed E-state index contributed by atoms with van der Waals surface area (Å²) in [6, 6.07) is 14.1. The Kier molecular flexibility index (Phi) is 6.57. The maximum absolute atomic E-state index is 12.2. The van der Waals surface area contributed by atoms with E-state index in [9.17, 15) is 9.59 Å². The molecule has 132 valence electrons. The van der Waals surface area contributed by atoms with Crippen LogP contribution in [0.15, 0.2) is 48.5 Å². The van der Waals surface area contributed by atoms with E-state index in [0.29, 0.717) is 29.4 Å². The van der Waals surface area contributed by atoms with Crippen molar-refractivity contribution < 1.29 is 14.3 Å². The predicted octanol–water partition coefficient (Wildman–Crippen LogP) is 3.36. The van der Waals surface area contributed by atoms with Crippen molar-refractivity contribution in [1.29, 1.82) is 0 Å². The van der Waals surface area contributed by atoms with Crippen LogP contribution in [0.4, 0.5) is 0 Å². The number of ether oxygens (including phenoxy) is 1. The van der Waals surface area contributed by atoms with E-state index in [1.165, 1.54) is 0 Å². The van der Waals surface area contributed by atoms with E-state index >= 15 is 0 Å². The molecule has 0 spiro atoms. The van der Waals surface area contributed by atoms with Crippen LogP contribution in [-0.2, 0) is 6.42 Å². The second-order valence-corrected chi connectivity index (χ2v) is 6.19. The van der Waals surface area contributed by atoms with Gasteiger partial charge in [0.25, 0.3) is 11.8 Å². The number of hydrazine groups is 1. The molecule has 2 aromatic rings. The molecule has 0 unspecified atom stereocenters. The summed E-state index contributed by atoms with van der Waals surface area (Å²) in [5, 5.41) is 0. The second kappa shape index (κ2) is 8.87.